The summed E-state index contributed by atoms with van der Waals surface area (Å²) in [5.41, 5.74) is 1.28. The van der Waals surface area contributed by atoms with Crippen LogP contribution in [0, 0.1) is 5.92 Å². The summed E-state index contributed by atoms with van der Waals surface area (Å²) in [6.45, 7) is 1.28. The van der Waals surface area contributed by atoms with Crippen molar-refractivity contribution in [2.75, 3.05) is 20.3 Å². The molecule has 4 rings (SSSR count). The molecule has 2 fully saturated rings. The summed E-state index contributed by atoms with van der Waals surface area (Å²) in [5, 5.41) is 3.48. The van der Waals surface area contributed by atoms with E-state index in [0.717, 1.165) is 11.5 Å². The van der Waals surface area contributed by atoms with E-state index in [4.69, 9.17) is 14.2 Å². The van der Waals surface area contributed by atoms with Gasteiger partial charge < -0.3 is 19.5 Å². The van der Waals surface area contributed by atoms with E-state index in [1.54, 1.807) is 0 Å². The van der Waals surface area contributed by atoms with Gasteiger partial charge in [0, 0.05) is 12.0 Å². The van der Waals surface area contributed by atoms with Crippen molar-refractivity contribution in [3.63, 3.8) is 0 Å². The van der Waals surface area contributed by atoms with Crippen molar-refractivity contribution in [1.82, 2.24) is 5.32 Å². The van der Waals surface area contributed by atoms with Crippen LogP contribution < -0.4 is 14.8 Å². The van der Waals surface area contributed by atoms with E-state index in [-0.39, 0.29) is 0 Å². The second-order valence-electron chi connectivity index (χ2n) is 5.94. The Hall–Kier alpha value is -1.26. The van der Waals surface area contributed by atoms with Crippen LogP contribution >= 0.6 is 0 Å². The Labute approximate surface area is 119 Å². The van der Waals surface area contributed by atoms with Gasteiger partial charge in [0.05, 0.1) is 12.2 Å². The van der Waals surface area contributed by atoms with Crippen molar-refractivity contribution in [2.45, 2.75) is 37.5 Å². The summed E-state index contributed by atoms with van der Waals surface area (Å²) >= 11 is 0. The minimum atomic E-state index is 0.334. The second kappa shape index (κ2) is 4.93. The molecule has 20 heavy (non-hydrogen) atoms. The molecule has 4 atom stereocenters. The maximum atomic E-state index is 6.01. The quantitative estimate of drug-likeness (QED) is 0.918. The lowest BCUT2D eigenvalue weighted by Crippen LogP contribution is -2.31. The highest BCUT2D eigenvalue weighted by Gasteiger charge is 2.44. The van der Waals surface area contributed by atoms with Gasteiger partial charge in [0.2, 0.25) is 0 Å². The third-order valence-electron chi connectivity index (χ3n) is 4.82. The van der Waals surface area contributed by atoms with E-state index in [0.29, 0.717) is 37.4 Å². The third kappa shape index (κ3) is 1.98. The minimum Gasteiger partial charge on any atom is -0.486 e. The monoisotopic (exact) mass is 275 g/mol. The van der Waals surface area contributed by atoms with Crippen molar-refractivity contribution in [3.05, 3.63) is 23.8 Å². The van der Waals surface area contributed by atoms with Gasteiger partial charge in [0.15, 0.2) is 11.5 Å². The van der Waals surface area contributed by atoms with Crippen LogP contribution in [-0.4, -0.2) is 32.5 Å². The van der Waals surface area contributed by atoms with Crippen LogP contribution in [0.4, 0.5) is 0 Å². The van der Waals surface area contributed by atoms with Crippen molar-refractivity contribution in [2.24, 2.45) is 5.92 Å². The highest BCUT2D eigenvalue weighted by atomic mass is 16.6. The van der Waals surface area contributed by atoms with E-state index in [9.17, 15) is 0 Å². The van der Waals surface area contributed by atoms with Gasteiger partial charge in [-0.3, -0.25) is 0 Å². The smallest absolute Gasteiger partial charge is 0.161 e. The summed E-state index contributed by atoms with van der Waals surface area (Å²) in [6, 6.07) is 6.64. The number of fused-ring (bicyclic) bond motifs is 3. The fraction of sp³-hybridized carbons (Fsp3) is 0.625. The maximum absolute atomic E-state index is 6.01. The molecule has 0 saturated carbocycles. The first-order chi connectivity index (χ1) is 9.85. The molecule has 4 unspecified atom stereocenters. The number of rotatable bonds is 3. The van der Waals surface area contributed by atoms with Gasteiger partial charge in [-0.1, -0.05) is 6.07 Å². The summed E-state index contributed by atoms with van der Waals surface area (Å²) < 4.78 is 17.3. The molecule has 4 nitrogen and oxygen atoms in total. The predicted molar refractivity (Wildman–Crippen MR) is 75.2 cm³/mol. The Morgan fingerprint density at radius 2 is 2.00 bits per heavy atom. The highest BCUT2D eigenvalue weighted by molar-refractivity contribution is 5.45. The summed E-state index contributed by atoms with van der Waals surface area (Å²) in [6.07, 6.45) is 4.52. The summed E-state index contributed by atoms with van der Waals surface area (Å²) in [5.74, 6) is 2.30. The third-order valence-corrected chi connectivity index (χ3v) is 4.82. The van der Waals surface area contributed by atoms with Crippen LogP contribution in [0.5, 0.6) is 11.5 Å². The van der Waals surface area contributed by atoms with Gasteiger partial charge in [-0.05, 0) is 44.0 Å². The molecule has 1 N–H and O–H groups in total. The van der Waals surface area contributed by atoms with Crippen LogP contribution in [0.1, 0.15) is 30.9 Å². The molecular formula is C16H21NO3. The molecule has 0 spiro atoms. The van der Waals surface area contributed by atoms with Gasteiger partial charge in [0.1, 0.15) is 13.2 Å². The average molecular weight is 275 g/mol. The Kier molecular flexibility index (Phi) is 3.08. The van der Waals surface area contributed by atoms with Crippen LogP contribution in [0.3, 0.4) is 0 Å². The summed E-state index contributed by atoms with van der Waals surface area (Å²) in [7, 11) is 2.04. The Bertz CT molecular complexity index is 504. The molecule has 4 heteroatoms. The molecule has 0 radical (unpaired) electrons. The van der Waals surface area contributed by atoms with Crippen molar-refractivity contribution in [1.29, 1.82) is 0 Å². The Balaban J connectivity index is 1.61. The number of hydrogen-bond acceptors (Lipinski definition) is 4. The van der Waals surface area contributed by atoms with Crippen LogP contribution in [-0.2, 0) is 4.74 Å². The van der Waals surface area contributed by atoms with E-state index >= 15 is 0 Å². The Morgan fingerprint density at radius 3 is 2.70 bits per heavy atom. The van der Waals surface area contributed by atoms with Gasteiger partial charge in [-0.15, -0.1) is 0 Å². The summed E-state index contributed by atoms with van der Waals surface area (Å²) in [4.78, 5) is 0. The Morgan fingerprint density at radius 1 is 1.15 bits per heavy atom. The van der Waals surface area contributed by atoms with Crippen molar-refractivity contribution in [3.8, 4) is 11.5 Å². The molecule has 3 aliphatic heterocycles. The molecule has 0 aliphatic carbocycles. The molecule has 1 aromatic carbocycles. The van der Waals surface area contributed by atoms with Crippen molar-refractivity contribution < 1.29 is 14.2 Å². The van der Waals surface area contributed by atoms with E-state index < -0.39 is 0 Å². The van der Waals surface area contributed by atoms with Crippen LogP contribution in [0.2, 0.25) is 0 Å². The number of ether oxygens (including phenoxy) is 3. The van der Waals surface area contributed by atoms with Crippen molar-refractivity contribution >= 4 is 0 Å². The standard InChI is InChI=1S/C16H21NO3/c1-17-16(12-9-11-3-5-13(12)20-11)10-2-4-14-15(8-10)19-7-6-18-14/h2,4,8,11-13,16-17H,3,5-7,9H2,1H3. The minimum absolute atomic E-state index is 0.334. The number of benzene rings is 1. The molecule has 0 aromatic heterocycles. The van der Waals surface area contributed by atoms with Gasteiger partial charge >= 0.3 is 0 Å². The average Bonchev–Trinajstić information content (AvgIpc) is 3.11. The first-order valence-electron chi connectivity index (χ1n) is 7.57. The second-order valence-corrected chi connectivity index (χ2v) is 5.94. The molecule has 2 saturated heterocycles. The molecular weight excluding hydrogens is 254 g/mol. The van der Waals surface area contributed by atoms with Gasteiger partial charge in [-0.25, -0.2) is 0 Å². The molecule has 1 aromatic rings. The van der Waals surface area contributed by atoms with Crippen LogP contribution in [0.25, 0.3) is 0 Å². The molecule has 3 aliphatic rings. The van der Waals surface area contributed by atoms with Gasteiger partial charge in [-0.2, -0.15) is 0 Å². The topological polar surface area (TPSA) is 39.7 Å². The zero-order valence-corrected chi connectivity index (χ0v) is 11.8. The molecule has 3 heterocycles. The fourth-order valence-electron chi connectivity index (χ4n) is 3.91. The SMILES string of the molecule is CNC(c1ccc2c(c1)OCCO2)C1CC2CCC1O2. The lowest BCUT2D eigenvalue weighted by molar-refractivity contribution is 0.0862. The van der Waals surface area contributed by atoms with E-state index in [1.807, 2.05) is 13.1 Å². The molecule has 2 bridgehead atoms. The normalized spacial score (nSPS) is 32.4. The zero-order valence-electron chi connectivity index (χ0n) is 11.8. The predicted octanol–water partition coefficient (Wildman–Crippen LogP) is 2.29. The largest absolute Gasteiger partial charge is 0.486 e. The first-order valence-corrected chi connectivity index (χ1v) is 7.57. The zero-order chi connectivity index (χ0) is 13.5. The lowest BCUT2D eigenvalue weighted by Gasteiger charge is -2.29. The lowest BCUT2D eigenvalue weighted by atomic mass is 9.81. The molecule has 108 valence electrons. The fourth-order valence-corrected chi connectivity index (χ4v) is 3.91. The maximum Gasteiger partial charge on any atom is 0.161 e. The number of nitrogens with one attached hydrogen (secondary N) is 1. The van der Waals surface area contributed by atoms with E-state index in [1.165, 1.54) is 24.8 Å². The van der Waals surface area contributed by atoms with E-state index in [2.05, 4.69) is 17.4 Å². The number of hydrogen-bond donors (Lipinski definition) is 1. The molecule has 0 amide bonds. The highest BCUT2D eigenvalue weighted by Crippen LogP contribution is 2.45. The van der Waals surface area contributed by atoms with Crippen LogP contribution in [0.15, 0.2) is 18.2 Å². The first kappa shape index (κ1) is 12.5. The van der Waals surface area contributed by atoms with Gasteiger partial charge in [0.25, 0.3) is 0 Å².